The zero-order valence-electron chi connectivity index (χ0n) is 14.7. The third-order valence-electron chi connectivity index (χ3n) is 4.53. The summed E-state index contributed by atoms with van der Waals surface area (Å²) in [6, 6.07) is 11.2. The van der Waals surface area contributed by atoms with E-state index < -0.39 is 0 Å². The van der Waals surface area contributed by atoms with Crippen LogP contribution in [0.4, 0.5) is 5.69 Å². The van der Waals surface area contributed by atoms with Crippen molar-refractivity contribution in [2.45, 2.75) is 25.8 Å². The van der Waals surface area contributed by atoms with Crippen LogP contribution in [0.15, 0.2) is 57.1 Å². The molecule has 1 aromatic carbocycles. The molecular weight excluding hydrogens is 408 g/mol. The van der Waals surface area contributed by atoms with Gasteiger partial charge in [-0.25, -0.2) is 4.99 Å². The first-order valence-electron chi connectivity index (χ1n) is 8.70. The number of carbonyl (C=O) groups is 2. The Kier molecular flexibility index (Phi) is 4.70. The highest BCUT2D eigenvalue weighted by atomic mass is 79.9. The zero-order valence-corrected chi connectivity index (χ0v) is 16.3. The van der Waals surface area contributed by atoms with Crippen LogP contribution >= 0.6 is 15.9 Å². The molecule has 6 nitrogen and oxygen atoms in total. The molecule has 0 bridgehead atoms. The first-order valence-corrected chi connectivity index (χ1v) is 9.50. The van der Waals surface area contributed by atoms with E-state index in [1.54, 1.807) is 6.20 Å². The molecule has 1 aromatic heterocycles. The molecule has 3 heterocycles. The topological polar surface area (TPSA) is 75.0 Å². The molecule has 0 spiro atoms. The molecule has 136 valence electrons. The van der Waals surface area contributed by atoms with Gasteiger partial charge in [-0.05, 0) is 43.7 Å². The largest absolute Gasteiger partial charge is 0.298 e. The molecule has 1 fully saturated rings. The van der Waals surface area contributed by atoms with Gasteiger partial charge in [0.05, 0.1) is 23.6 Å². The monoisotopic (exact) mass is 424 g/mol. The Balaban J connectivity index is 1.91. The molecule has 0 N–H and O–H groups in total. The van der Waals surface area contributed by atoms with Gasteiger partial charge in [0.2, 0.25) is 5.91 Å². The summed E-state index contributed by atoms with van der Waals surface area (Å²) in [5.41, 5.74) is 3.06. The summed E-state index contributed by atoms with van der Waals surface area (Å²) in [4.78, 5) is 39.8. The van der Waals surface area contributed by atoms with Crippen molar-refractivity contribution in [3.63, 3.8) is 0 Å². The summed E-state index contributed by atoms with van der Waals surface area (Å²) in [5, 5.41) is 0. The van der Waals surface area contributed by atoms with Gasteiger partial charge in [0.1, 0.15) is 17.7 Å². The van der Waals surface area contributed by atoms with Crippen molar-refractivity contribution in [3.8, 4) is 0 Å². The Labute approximate surface area is 165 Å². The third kappa shape index (κ3) is 3.47. The predicted molar refractivity (Wildman–Crippen MR) is 107 cm³/mol. The Morgan fingerprint density at radius 2 is 2.15 bits per heavy atom. The van der Waals surface area contributed by atoms with Crippen molar-refractivity contribution in [1.82, 2.24) is 9.88 Å². The smallest absolute Gasteiger partial charge is 0.228 e. The highest BCUT2D eigenvalue weighted by Gasteiger charge is 2.35. The highest BCUT2D eigenvalue weighted by molar-refractivity contribution is 9.10. The fourth-order valence-corrected chi connectivity index (χ4v) is 3.69. The van der Waals surface area contributed by atoms with Gasteiger partial charge in [-0.15, -0.1) is 0 Å². The zero-order chi connectivity index (χ0) is 19.0. The van der Waals surface area contributed by atoms with Gasteiger partial charge in [0, 0.05) is 22.7 Å². The average Bonchev–Trinajstić information content (AvgIpc) is 2.81. The fourth-order valence-electron chi connectivity index (χ4n) is 3.33. The number of pyridine rings is 1. The van der Waals surface area contributed by atoms with E-state index in [4.69, 9.17) is 9.98 Å². The van der Waals surface area contributed by atoms with Crippen LogP contribution in [0.2, 0.25) is 0 Å². The van der Waals surface area contributed by atoms with Crippen LogP contribution in [-0.2, 0) is 9.59 Å². The van der Waals surface area contributed by atoms with Crippen molar-refractivity contribution in [2.75, 3.05) is 6.54 Å². The number of aliphatic imine (C=N–C) groups is 2. The Morgan fingerprint density at radius 3 is 2.89 bits per heavy atom. The maximum absolute atomic E-state index is 12.4. The standard InChI is InChI=1S/C20H17BrN4O2/c1-12(26)11-25-18(27)8-7-17-20(25)24-15-6-5-13(21)10-14(15)19(23-17)16-4-2-3-9-22-16/h2-6,9-10,17H,7-8,11H2,1H3. The number of nitrogens with zero attached hydrogens (tertiary/aromatic N) is 4. The lowest BCUT2D eigenvalue weighted by Crippen LogP contribution is -2.49. The first kappa shape index (κ1) is 17.7. The molecule has 2 aliphatic heterocycles. The van der Waals surface area contributed by atoms with Gasteiger partial charge >= 0.3 is 0 Å². The minimum absolute atomic E-state index is 0.0223. The average molecular weight is 425 g/mol. The molecule has 7 heteroatoms. The molecule has 0 aliphatic carbocycles. The molecule has 4 rings (SSSR count). The van der Waals surface area contributed by atoms with E-state index in [0.29, 0.717) is 24.4 Å². The lowest BCUT2D eigenvalue weighted by atomic mass is 10.0. The summed E-state index contributed by atoms with van der Waals surface area (Å²) >= 11 is 3.51. The summed E-state index contributed by atoms with van der Waals surface area (Å²) in [7, 11) is 0. The number of benzene rings is 1. The molecule has 27 heavy (non-hydrogen) atoms. The van der Waals surface area contributed by atoms with Crippen LogP contribution in [0.5, 0.6) is 0 Å². The van der Waals surface area contributed by atoms with E-state index in [-0.39, 0.29) is 24.3 Å². The quantitative estimate of drug-likeness (QED) is 0.758. The van der Waals surface area contributed by atoms with Crippen molar-refractivity contribution in [2.24, 2.45) is 9.98 Å². The summed E-state index contributed by atoms with van der Waals surface area (Å²) in [6.45, 7) is 1.50. The van der Waals surface area contributed by atoms with Crippen molar-refractivity contribution in [1.29, 1.82) is 0 Å². The van der Waals surface area contributed by atoms with E-state index in [9.17, 15) is 9.59 Å². The number of hydrogen-bond donors (Lipinski definition) is 0. The van der Waals surface area contributed by atoms with Crippen molar-refractivity contribution in [3.05, 3.63) is 58.3 Å². The molecule has 1 saturated heterocycles. The predicted octanol–water partition coefficient (Wildman–Crippen LogP) is 3.31. The maximum Gasteiger partial charge on any atom is 0.228 e. The first-order chi connectivity index (χ1) is 13.0. The van der Waals surface area contributed by atoms with Gasteiger partial charge in [-0.3, -0.25) is 24.5 Å². The van der Waals surface area contributed by atoms with Gasteiger partial charge in [0.15, 0.2) is 0 Å². The fraction of sp³-hybridized carbons (Fsp3) is 0.250. The molecule has 1 unspecified atom stereocenters. The van der Waals surface area contributed by atoms with E-state index in [2.05, 4.69) is 20.9 Å². The number of halogens is 1. The van der Waals surface area contributed by atoms with Crippen LogP contribution < -0.4 is 0 Å². The second-order valence-electron chi connectivity index (χ2n) is 6.56. The molecule has 1 atom stereocenters. The van der Waals surface area contributed by atoms with Gasteiger partial charge < -0.3 is 0 Å². The summed E-state index contributed by atoms with van der Waals surface area (Å²) in [5.74, 6) is 0.368. The van der Waals surface area contributed by atoms with Crippen LogP contribution in [0.1, 0.15) is 31.0 Å². The van der Waals surface area contributed by atoms with Gasteiger partial charge in [-0.1, -0.05) is 22.0 Å². The number of aromatic nitrogens is 1. The minimum Gasteiger partial charge on any atom is -0.298 e. The number of carbonyl (C=O) groups excluding carboxylic acids is 2. The van der Waals surface area contributed by atoms with E-state index in [1.165, 1.54) is 11.8 Å². The minimum atomic E-state index is -0.287. The number of ketones is 1. The van der Waals surface area contributed by atoms with Crippen LogP contribution in [0.25, 0.3) is 0 Å². The lowest BCUT2D eigenvalue weighted by Gasteiger charge is -2.31. The SMILES string of the molecule is CC(=O)CN1C(=O)CCC2N=C(c3ccccn3)c3cc(Br)ccc3N=C21. The second-order valence-corrected chi connectivity index (χ2v) is 7.48. The van der Waals surface area contributed by atoms with Crippen LogP contribution in [0.3, 0.4) is 0 Å². The second kappa shape index (κ2) is 7.15. The van der Waals surface area contributed by atoms with Crippen molar-refractivity contribution >= 4 is 44.9 Å². The van der Waals surface area contributed by atoms with Crippen LogP contribution in [0, 0.1) is 0 Å². The number of hydrogen-bond acceptors (Lipinski definition) is 5. The molecule has 1 amide bonds. The van der Waals surface area contributed by atoms with Crippen molar-refractivity contribution < 1.29 is 9.59 Å². The number of piperidine rings is 1. The van der Waals surface area contributed by atoms with Gasteiger partial charge in [0.25, 0.3) is 0 Å². The maximum atomic E-state index is 12.4. The van der Waals surface area contributed by atoms with E-state index in [0.717, 1.165) is 21.4 Å². The Morgan fingerprint density at radius 1 is 1.30 bits per heavy atom. The number of Topliss-reactive ketones (excluding diaryl/α,β-unsaturated/α-hetero) is 1. The highest BCUT2D eigenvalue weighted by Crippen LogP contribution is 2.32. The Hall–Kier alpha value is -2.67. The number of likely N-dealkylation sites (tertiary alicyclic amines) is 1. The molecule has 2 aromatic rings. The number of amides is 1. The lowest BCUT2D eigenvalue weighted by molar-refractivity contribution is -0.132. The molecule has 2 aliphatic rings. The molecule has 0 saturated carbocycles. The summed E-state index contributed by atoms with van der Waals surface area (Å²) in [6.07, 6.45) is 2.64. The number of rotatable bonds is 3. The molecule has 0 radical (unpaired) electrons. The van der Waals surface area contributed by atoms with E-state index in [1.807, 2.05) is 36.4 Å². The molecular formula is C20H17BrN4O2. The normalized spacial score (nSPS) is 18.8. The van der Waals surface area contributed by atoms with Crippen LogP contribution in [-0.4, -0.2) is 45.7 Å². The number of fused-ring (bicyclic) bond motifs is 2. The Bertz CT molecular complexity index is 985. The number of amidine groups is 1. The van der Waals surface area contributed by atoms with E-state index >= 15 is 0 Å². The summed E-state index contributed by atoms with van der Waals surface area (Å²) < 4.78 is 0.909. The third-order valence-corrected chi connectivity index (χ3v) is 5.02. The van der Waals surface area contributed by atoms with Gasteiger partial charge in [-0.2, -0.15) is 0 Å².